The second kappa shape index (κ2) is 7.97. The number of hydrogen-bond acceptors (Lipinski definition) is 3. The van der Waals surface area contributed by atoms with Crippen molar-refractivity contribution in [1.29, 1.82) is 0 Å². The van der Waals surface area contributed by atoms with Gasteiger partial charge in [0.05, 0.1) is 24.3 Å². The Labute approximate surface area is 161 Å². The largest absolute Gasteiger partial charge is 0.668 e. The molecule has 111 valence electrons. The molecule has 0 amide bonds. The van der Waals surface area contributed by atoms with Crippen molar-refractivity contribution in [3.05, 3.63) is 53.0 Å². The van der Waals surface area contributed by atoms with Crippen molar-refractivity contribution >= 4 is 0 Å². The van der Waals surface area contributed by atoms with Gasteiger partial charge in [0.25, 0.3) is 0 Å². The van der Waals surface area contributed by atoms with Gasteiger partial charge in [-0.05, 0) is 48.9 Å². The summed E-state index contributed by atoms with van der Waals surface area (Å²) in [5.41, 5.74) is 15.9. The molecule has 0 spiro atoms. The van der Waals surface area contributed by atoms with Crippen molar-refractivity contribution < 1.29 is 52.9 Å². The Morgan fingerprint density at radius 1 is 0.952 bits per heavy atom. The van der Waals surface area contributed by atoms with E-state index in [0.717, 1.165) is 43.6 Å². The summed E-state index contributed by atoms with van der Waals surface area (Å²) in [6.45, 7) is 0. The second-order valence-electron chi connectivity index (χ2n) is 5.56. The van der Waals surface area contributed by atoms with Crippen LogP contribution >= 0.6 is 0 Å². The molecule has 0 aromatic carbocycles. The van der Waals surface area contributed by atoms with Crippen molar-refractivity contribution in [3.8, 4) is 0 Å². The van der Waals surface area contributed by atoms with Crippen molar-refractivity contribution in [3.63, 3.8) is 0 Å². The van der Waals surface area contributed by atoms with E-state index in [9.17, 15) is 0 Å². The van der Waals surface area contributed by atoms with Crippen LogP contribution in [-0.4, -0.2) is 0 Å². The molecule has 21 heavy (non-hydrogen) atoms. The molecule has 2 atom stereocenters. The number of nitrogens with one attached hydrogen (secondary N) is 1. The topological polar surface area (TPSA) is 76.1 Å². The van der Waals surface area contributed by atoms with Crippen molar-refractivity contribution in [1.82, 2.24) is 0 Å². The summed E-state index contributed by atoms with van der Waals surface area (Å²) in [5, 5.41) is 0. The maximum absolute atomic E-state index is 7.58. The first-order chi connectivity index (χ1) is 9.75. The van der Waals surface area contributed by atoms with Gasteiger partial charge in [-0.1, -0.05) is 18.9 Å². The summed E-state index contributed by atoms with van der Waals surface area (Å²) in [5.74, 6) is 1.90. The Bertz CT molecular complexity index is 514. The minimum absolute atomic E-state index is 0. The fraction of sp³-hybridized carbons (Fsp3) is 0.500. The minimum atomic E-state index is -0.0984. The van der Waals surface area contributed by atoms with Gasteiger partial charge in [-0.2, -0.15) is 0 Å². The van der Waals surface area contributed by atoms with Crippen LogP contribution in [0.15, 0.2) is 33.5 Å². The molecule has 1 radical (unpaired) electrons. The molecule has 5 heteroatoms. The monoisotopic (exact) mass is 500 g/mol. The predicted molar refractivity (Wildman–Crippen MR) is 77.3 cm³/mol. The van der Waals surface area contributed by atoms with Gasteiger partial charge in [-0.25, -0.2) is 0 Å². The van der Waals surface area contributed by atoms with Gasteiger partial charge in [0.2, 0.25) is 0 Å². The summed E-state index contributed by atoms with van der Waals surface area (Å²) >= 11 is 0. The Balaban J connectivity index is 0.000000147. The van der Waals surface area contributed by atoms with Crippen LogP contribution in [0.2, 0.25) is 0 Å². The van der Waals surface area contributed by atoms with Crippen LogP contribution < -0.4 is 5.73 Å². The molecule has 2 aromatic heterocycles. The van der Waals surface area contributed by atoms with Crippen LogP contribution in [0.1, 0.15) is 60.4 Å². The smallest absolute Gasteiger partial charge is 0.123 e. The van der Waals surface area contributed by atoms with Crippen molar-refractivity contribution in [2.45, 2.75) is 50.6 Å². The summed E-state index contributed by atoms with van der Waals surface area (Å²) < 4.78 is 10.4. The zero-order valence-electron chi connectivity index (χ0n) is 12.2. The third kappa shape index (κ3) is 4.01. The van der Waals surface area contributed by atoms with Crippen LogP contribution in [0.25, 0.3) is 5.73 Å². The van der Waals surface area contributed by atoms with Crippen molar-refractivity contribution in [2.75, 3.05) is 0 Å². The number of hydrogen-bond donors (Lipinski definition) is 1. The molecular weight excluding hydrogens is 479 g/mol. The number of fused-ring (bicyclic) bond motifs is 2. The van der Waals surface area contributed by atoms with E-state index in [2.05, 4.69) is 0 Å². The Morgan fingerprint density at radius 3 is 2.14 bits per heavy atom. The van der Waals surface area contributed by atoms with Gasteiger partial charge in [0.15, 0.2) is 0 Å². The van der Waals surface area contributed by atoms with Crippen LogP contribution in [-0.2, 0) is 12.8 Å². The summed E-state index contributed by atoms with van der Waals surface area (Å²) in [7, 11) is 0. The zero-order chi connectivity index (χ0) is 13.9. The average molecular weight is 500 g/mol. The molecule has 3 N–H and O–H groups in total. The van der Waals surface area contributed by atoms with E-state index < -0.39 is 0 Å². The average Bonchev–Trinajstić information content (AvgIpc) is 3.08. The molecule has 0 fully saturated rings. The molecule has 0 aliphatic heterocycles. The summed E-state index contributed by atoms with van der Waals surface area (Å²) in [4.78, 5) is 0. The van der Waals surface area contributed by atoms with Gasteiger partial charge < -0.3 is 20.3 Å². The van der Waals surface area contributed by atoms with Gasteiger partial charge in [-0.15, -0.1) is 0 Å². The fourth-order valence-corrected chi connectivity index (χ4v) is 3.01. The van der Waals surface area contributed by atoms with Crippen LogP contribution in [0.3, 0.4) is 0 Å². The Kier molecular flexibility index (Phi) is 6.55. The van der Waals surface area contributed by atoms with E-state index >= 15 is 0 Å². The van der Waals surface area contributed by atoms with E-state index in [4.69, 9.17) is 20.3 Å². The molecule has 2 aromatic rings. The molecule has 0 saturated carbocycles. The summed E-state index contributed by atoms with van der Waals surface area (Å²) in [6, 6.07) is 4.06. The van der Waals surface area contributed by atoms with E-state index in [1.54, 1.807) is 12.5 Å². The maximum Gasteiger partial charge on any atom is 0.123 e. The van der Waals surface area contributed by atoms with Crippen molar-refractivity contribution in [2.24, 2.45) is 5.73 Å². The van der Waals surface area contributed by atoms with Crippen LogP contribution in [0.4, 0.5) is 0 Å². The second-order valence-corrected chi connectivity index (χ2v) is 5.56. The zero-order valence-corrected chi connectivity index (χ0v) is 16.9. The SMILES string of the molecule is N[C@H]1CCCc2ccoc21.[Ac].[NH-][C@@H]1CCCc2ccoc21. The summed E-state index contributed by atoms with van der Waals surface area (Å²) in [6.07, 6.45) is 10.0. The van der Waals surface area contributed by atoms with Gasteiger partial charge in [0.1, 0.15) is 5.76 Å². The third-order valence-corrected chi connectivity index (χ3v) is 4.11. The van der Waals surface area contributed by atoms with E-state index in [0.29, 0.717) is 0 Å². The van der Waals surface area contributed by atoms with Crippen LogP contribution in [0.5, 0.6) is 0 Å². The molecule has 4 nitrogen and oxygen atoms in total. The van der Waals surface area contributed by atoms with E-state index in [-0.39, 0.29) is 56.1 Å². The molecule has 2 aliphatic rings. The molecule has 4 rings (SSSR count). The predicted octanol–water partition coefficient (Wildman–Crippen LogP) is 4.32. The number of nitrogens with two attached hydrogens (primary N) is 1. The molecule has 2 aliphatic carbocycles. The molecular formula is C16H21AcN2O2-. The third-order valence-electron chi connectivity index (χ3n) is 4.11. The minimum Gasteiger partial charge on any atom is -0.668 e. The Hall–Kier alpha value is -0.0784. The van der Waals surface area contributed by atoms with E-state index in [1.165, 1.54) is 17.5 Å². The Morgan fingerprint density at radius 2 is 1.52 bits per heavy atom. The molecule has 2 heterocycles. The van der Waals surface area contributed by atoms with Crippen LogP contribution in [0, 0.1) is 44.1 Å². The molecule has 0 saturated heterocycles. The number of rotatable bonds is 0. The van der Waals surface area contributed by atoms with E-state index in [1.807, 2.05) is 12.1 Å². The number of aryl methyl sites for hydroxylation is 2. The normalized spacial score (nSPS) is 23.1. The van der Waals surface area contributed by atoms with Gasteiger partial charge in [-0.3, -0.25) is 0 Å². The first kappa shape index (κ1) is 17.3. The molecule has 0 unspecified atom stereocenters. The standard InChI is InChI=1S/C8H11NO.C8H10NO.Ac/c2*9-7-3-1-2-6-4-5-10-8(6)7;/h4-5,7H,1-3,9H2;4-5,7,9H,1-3H2;/q;-1;/t2*7-;/m01./s1. The fourth-order valence-electron chi connectivity index (χ4n) is 3.01. The van der Waals surface area contributed by atoms with Gasteiger partial charge in [0, 0.05) is 44.1 Å². The first-order valence-electron chi connectivity index (χ1n) is 7.35. The quantitative estimate of drug-likeness (QED) is 0.586. The maximum atomic E-state index is 7.58. The molecule has 0 bridgehead atoms. The first-order valence-corrected chi connectivity index (χ1v) is 7.35. The van der Waals surface area contributed by atoms with Gasteiger partial charge >= 0.3 is 0 Å². The number of furan rings is 2.